The van der Waals surface area contributed by atoms with Gasteiger partial charge in [0.25, 0.3) is 0 Å². The summed E-state index contributed by atoms with van der Waals surface area (Å²) < 4.78 is 11.3. The summed E-state index contributed by atoms with van der Waals surface area (Å²) in [7, 11) is 0. The Kier molecular flexibility index (Phi) is 10.2. The van der Waals surface area contributed by atoms with Crippen molar-refractivity contribution in [2.24, 2.45) is 0 Å². The van der Waals surface area contributed by atoms with Crippen molar-refractivity contribution in [1.82, 2.24) is 0 Å². The summed E-state index contributed by atoms with van der Waals surface area (Å²) in [6.07, 6.45) is 13.0. The number of carbonyl (C=O) groups is 1. The summed E-state index contributed by atoms with van der Waals surface area (Å²) in [4.78, 5) is 12.2. The molecule has 1 heterocycles. The monoisotopic (exact) mass is 372 g/mol. The van der Waals surface area contributed by atoms with E-state index < -0.39 is 0 Å². The molecule has 0 N–H and O–H groups in total. The molecule has 0 saturated heterocycles. The summed E-state index contributed by atoms with van der Waals surface area (Å²) >= 11 is 0. The van der Waals surface area contributed by atoms with Crippen LogP contribution in [0.25, 0.3) is 5.57 Å². The molecule has 3 heteroatoms. The zero-order valence-corrected chi connectivity index (χ0v) is 17.2. The number of unbranched alkanes of at least 4 members (excludes halogenated alkanes) is 9. The molecule has 3 nitrogen and oxygen atoms in total. The molecule has 1 aliphatic rings. The molecule has 0 bridgehead atoms. The van der Waals surface area contributed by atoms with Gasteiger partial charge in [-0.2, -0.15) is 0 Å². The SMILES string of the molecule is CCCCCCCCCCCCOCC1=C(c2ccccc2)C(=O)OC1C. The van der Waals surface area contributed by atoms with E-state index in [1.165, 1.54) is 57.8 Å². The molecule has 150 valence electrons. The number of esters is 1. The van der Waals surface area contributed by atoms with E-state index in [9.17, 15) is 4.79 Å². The molecular weight excluding hydrogens is 336 g/mol. The van der Waals surface area contributed by atoms with Gasteiger partial charge in [-0.05, 0) is 18.9 Å². The van der Waals surface area contributed by atoms with Crippen LogP contribution in [0.2, 0.25) is 0 Å². The average molecular weight is 373 g/mol. The largest absolute Gasteiger partial charge is 0.454 e. The molecule has 0 spiro atoms. The minimum atomic E-state index is -0.230. The van der Waals surface area contributed by atoms with Crippen molar-refractivity contribution < 1.29 is 14.3 Å². The van der Waals surface area contributed by atoms with E-state index in [1.54, 1.807) is 0 Å². The number of benzene rings is 1. The zero-order valence-electron chi connectivity index (χ0n) is 17.2. The molecule has 0 amide bonds. The highest BCUT2D eigenvalue weighted by Gasteiger charge is 2.31. The Morgan fingerprint density at radius 1 is 0.889 bits per heavy atom. The van der Waals surface area contributed by atoms with E-state index >= 15 is 0 Å². The number of cyclic esters (lactones) is 1. The lowest BCUT2D eigenvalue weighted by atomic mass is 10.00. The van der Waals surface area contributed by atoms with E-state index in [2.05, 4.69) is 6.92 Å². The molecule has 2 rings (SSSR count). The average Bonchev–Trinajstić information content (AvgIpc) is 2.96. The highest BCUT2D eigenvalue weighted by molar-refractivity contribution is 6.19. The molecule has 0 fully saturated rings. The molecule has 1 aromatic rings. The molecular formula is C24H36O3. The summed E-state index contributed by atoms with van der Waals surface area (Å²) in [5.74, 6) is -0.230. The van der Waals surface area contributed by atoms with E-state index in [1.807, 2.05) is 37.3 Å². The van der Waals surface area contributed by atoms with Crippen molar-refractivity contribution >= 4 is 11.5 Å². The standard InChI is InChI=1S/C24H36O3/c1-3-4-5-6-7-8-9-10-11-15-18-26-19-22-20(2)27-24(25)23(22)21-16-13-12-14-17-21/h12-14,16-17,20H,3-11,15,18-19H2,1-2H3. The fourth-order valence-corrected chi connectivity index (χ4v) is 3.60. The van der Waals surface area contributed by atoms with Crippen LogP contribution in [0.1, 0.15) is 83.6 Å². The fraction of sp³-hybridized carbons (Fsp3) is 0.625. The van der Waals surface area contributed by atoms with Crippen LogP contribution in [-0.4, -0.2) is 25.3 Å². The lowest BCUT2D eigenvalue weighted by Crippen LogP contribution is -2.11. The van der Waals surface area contributed by atoms with E-state index in [0.717, 1.165) is 24.2 Å². The van der Waals surface area contributed by atoms with E-state index in [4.69, 9.17) is 9.47 Å². The molecule has 1 atom stereocenters. The molecule has 0 aromatic heterocycles. The first-order valence-electron chi connectivity index (χ1n) is 10.8. The molecule has 0 radical (unpaired) electrons. The lowest BCUT2D eigenvalue weighted by molar-refractivity contribution is -0.137. The van der Waals surface area contributed by atoms with E-state index in [-0.39, 0.29) is 12.1 Å². The van der Waals surface area contributed by atoms with Gasteiger partial charge in [-0.1, -0.05) is 95.0 Å². The molecule has 1 unspecified atom stereocenters. The van der Waals surface area contributed by atoms with Crippen LogP contribution in [0.3, 0.4) is 0 Å². The Labute approximate surface area is 165 Å². The Balaban J connectivity index is 1.62. The highest BCUT2D eigenvalue weighted by atomic mass is 16.6. The minimum absolute atomic E-state index is 0.194. The Hall–Kier alpha value is -1.61. The van der Waals surface area contributed by atoms with Crippen LogP contribution >= 0.6 is 0 Å². The van der Waals surface area contributed by atoms with Crippen molar-refractivity contribution in [3.63, 3.8) is 0 Å². The van der Waals surface area contributed by atoms with Gasteiger partial charge in [0.1, 0.15) is 6.10 Å². The smallest absolute Gasteiger partial charge is 0.339 e. The van der Waals surface area contributed by atoms with Crippen molar-refractivity contribution in [3.05, 3.63) is 41.5 Å². The fourth-order valence-electron chi connectivity index (χ4n) is 3.60. The molecule has 27 heavy (non-hydrogen) atoms. The van der Waals surface area contributed by atoms with Gasteiger partial charge >= 0.3 is 5.97 Å². The second-order valence-corrected chi connectivity index (χ2v) is 7.55. The normalized spacial score (nSPS) is 16.8. The molecule has 1 aliphatic heterocycles. The van der Waals surface area contributed by atoms with Crippen LogP contribution < -0.4 is 0 Å². The summed E-state index contributed by atoms with van der Waals surface area (Å²) in [5, 5.41) is 0. The molecule has 1 aromatic carbocycles. The molecule has 0 saturated carbocycles. The number of hydrogen-bond donors (Lipinski definition) is 0. The number of rotatable bonds is 14. The summed E-state index contributed by atoms with van der Waals surface area (Å²) in [6.45, 7) is 5.42. The van der Waals surface area contributed by atoms with Crippen LogP contribution in [0.4, 0.5) is 0 Å². The molecule has 0 aliphatic carbocycles. The van der Waals surface area contributed by atoms with Crippen LogP contribution in [0.15, 0.2) is 35.9 Å². The predicted molar refractivity (Wildman–Crippen MR) is 112 cm³/mol. The minimum Gasteiger partial charge on any atom is -0.454 e. The van der Waals surface area contributed by atoms with Crippen molar-refractivity contribution in [1.29, 1.82) is 0 Å². The van der Waals surface area contributed by atoms with Crippen molar-refractivity contribution in [3.8, 4) is 0 Å². The maximum absolute atomic E-state index is 12.2. The number of carbonyl (C=O) groups excluding carboxylic acids is 1. The van der Waals surface area contributed by atoms with Gasteiger partial charge in [-0.3, -0.25) is 0 Å². The zero-order chi connectivity index (χ0) is 19.3. The van der Waals surface area contributed by atoms with Crippen LogP contribution in [0, 0.1) is 0 Å². The first-order chi connectivity index (χ1) is 13.2. The van der Waals surface area contributed by atoms with Crippen LogP contribution in [-0.2, 0) is 14.3 Å². The van der Waals surface area contributed by atoms with Crippen molar-refractivity contribution in [2.75, 3.05) is 13.2 Å². The van der Waals surface area contributed by atoms with Gasteiger partial charge in [0.05, 0.1) is 12.2 Å². The van der Waals surface area contributed by atoms with Gasteiger partial charge in [-0.25, -0.2) is 4.79 Å². The Morgan fingerprint density at radius 2 is 1.48 bits per heavy atom. The second kappa shape index (κ2) is 12.7. The third-order valence-electron chi connectivity index (χ3n) is 5.26. The predicted octanol–water partition coefficient (Wildman–Crippen LogP) is 6.32. The van der Waals surface area contributed by atoms with Gasteiger partial charge in [-0.15, -0.1) is 0 Å². The Morgan fingerprint density at radius 3 is 2.11 bits per heavy atom. The van der Waals surface area contributed by atoms with Gasteiger partial charge in [0.15, 0.2) is 0 Å². The Bertz CT molecular complexity index is 577. The van der Waals surface area contributed by atoms with Gasteiger partial charge < -0.3 is 9.47 Å². The maximum Gasteiger partial charge on any atom is 0.339 e. The summed E-state index contributed by atoms with van der Waals surface area (Å²) in [6, 6.07) is 9.75. The number of ether oxygens (including phenoxy) is 2. The topological polar surface area (TPSA) is 35.5 Å². The number of hydrogen-bond acceptors (Lipinski definition) is 3. The highest BCUT2D eigenvalue weighted by Crippen LogP contribution is 2.30. The first-order valence-corrected chi connectivity index (χ1v) is 10.8. The summed E-state index contributed by atoms with van der Waals surface area (Å²) in [5.41, 5.74) is 2.58. The van der Waals surface area contributed by atoms with Crippen LogP contribution in [0.5, 0.6) is 0 Å². The third-order valence-corrected chi connectivity index (χ3v) is 5.26. The van der Waals surface area contributed by atoms with Gasteiger partial charge in [0.2, 0.25) is 0 Å². The third kappa shape index (κ3) is 7.50. The quantitative estimate of drug-likeness (QED) is 0.283. The lowest BCUT2D eigenvalue weighted by Gasteiger charge is -2.10. The van der Waals surface area contributed by atoms with E-state index in [0.29, 0.717) is 12.2 Å². The first kappa shape index (κ1) is 21.7. The van der Waals surface area contributed by atoms with Gasteiger partial charge in [0, 0.05) is 12.2 Å². The maximum atomic E-state index is 12.2. The second-order valence-electron chi connectivity index (χ2n) is 7.55. The van der Waals surface area contributed by atoms with Crippen molar-refractivity contribution in [2.45, 2.75) is 84.2 Å².